The number of carbonyl (C=O) groups is 1. The fraction of sp³-hybridized carbons (Fsp3) is 0.0690. The van der Waals surface area contributed by atoms with Crippen molar-refractivity contribution in [1.82, 2.24) is 9.97 Å². The van der Waals surface area contributed by atoms with Crippen molar-refractivity contribution in [2.24, 2.45) is 0 Å². The summed E-state index contributed by atoms with van der Waals surface area (Å²) in [6.45, 7) is 3.64. The number of nitrogens with zero attached hydrogens (tertiary/aromatic N) is 2. The standard InChI is InChI=1S/C29H22N4O4S3/c1-16-3-9-20(10-4-16)30-29(34)31-21-11-6-18(7-12-21)27-32-22-14-8-19(15-24(22)38-27)28-33-23-13-5-17(2)26(25(23)39-28)40(35,36)37/h3-15H,1-2H3,(H2,30,31,34)(H,35,36,37). The molecule has 0 fully saturated rings. The molecule has 2 aromatic heterocycles. The summed E-state index contributed by atoms with van der Waals surface area (Å²) in [5, 5.41) is 7.14. The molecule has 0 aliphatic rings. The minimum Gasteiger partial charge on any atom is -0.308 e. The van der Waals surface area contributed by atoms with Crippen molar-refractivity contribution in [2.75, 3.05) is 10.6 Å². The number of aryl methyl sites for hydroxylation is 2. The molecule has 40 heavy (non-hydrogen) atoms. The van der Waals surface area contributed by atoms with E-state index in [1.54, 1.807) is 19.1 Å². The highest BCUT2D eigenvalue weighted by molar-refractivity contribution is 7.86. The zero-order chi connectivity index (χ0) is 28.0. The largest absolute Gasteiger partial charge is 0.323 e. The summed E-state index contributed by atoms with van der Waals surface area (Å²) in [6, 6.07) is 23.9. The lowest BCUT2D eigenvalue weighted by Gasteiger charge is -2.08. The number of anilines is 2. The van der Waals surface area contributed by atoms with Gasteiger partial charge in [0.15, 0.2) is 0 Å². The van der Waals surface area contributed by atoms with Crippen molar-refractivity contribution in [2.45, 2.75) is 18.7 Å². The van der Waals surface area contributed by atoms with E-state index >= 15 is 0 Å². The van der Waals surface area contributed by atoms with E-state index in [0.717, 1.165) is 31.9 Å². The molecule has 8 nitrogen and oxygen atoms in total. The van der Waals surface area contributed by atoms with Crippen molar-refractivity contribution in [3.8, 4) is 21.1 Å². The molecule has 6 rings (SSSR count). The normalized spacial score (nSPS) is 11.7. The van der Waals surface area contributed by atoms with Gasteiger partial charge < -0.3 is 10.6 Å². The van der Waals surface area contributed by atoms with E-state index < -0.39 is 10.1 Å². The molecule has 0 aliphatic heterocycles. The smallest absolute Gasteiger partial charge is 0.308 e. The van der Waals surface area contributed by atoms with E-state index in [1.165, 1.54) is 22.7 Å². The van der Waals surface area contributed by atoms with Crippen molar-refractivity contribution >= 4 is 70.6 Å². The Morgan fingerprint density at radius 1 is 0.750 bits per heavy atom. The number of benzene rings is 4. The van der Waals surface area contributed by atoms with Gasteiger partial charge in [0.1, 0.15) is 14.9 Å². The van der Waals surface area contributed by atoms with E-state index in [1.807, 2.05) is 73.7 Å². The highest BCUT2D eigenvalue weighted by Crippen LogP contribution is 2.38. The Morgan fingerprint density at radius 3 is 2.00 bits per heavy atom. The monoisotopic (exact) mass is 586 g/mol. The van der Waals surface area contributed by atoms with Gasteiger partial charge in [0, 0.05) is 22.5 Å². The first kappa shape index (κ1) is 26.1. The maximum absolute atomic E-state index is 12.4. The summed E-state index contributed by atoms with van der Waals surface area (Å²) in [5.74, 6) is 0. The first-order valence-corrected chi connectivity index (χ1v) is 15.2. The maximum Gasteiger partial charge on any atom is 0.323 e. The predicted molar refractivity (Wildman–Crippen MR) is 162 cm³/mol. The van der Waals surface area contributed by atoms with E-state index in [9.17, 15) is 17.8 Å². The van der Waals surface area contributed by atoms with Crippen LogP contribution in [0.5, 0.6) is 0 Å². The molecule has 0 unspecified atom stereocenters. The average molecular weight is 587 g/mol. The second-order valence-corrected chi connectivity index (χ2v) is 12.7. The molecule has 3 N–H and O–H groups in total. The van der Waals surface area contributed by atoms with E-state index in [2.05, 4.69) is 15.6 Å². The molecule has 11 heteroatoms. The molecule has 200 valence electrons. The third kappa shape index (κ3) is 5.19. The molecule has 0 atom stereocenters. The van der Waals surface area contributed by atoms with E-state index in [0.29, 0.717) is 32.2 Å². The molecule has 2 heterocycles. The Labute approximate surface area is 238 Å². The molecule has 0 bridgehead atoms. The first-order valence-electron chi connectivity index (χ1n) is 12.2. The fourth-order valence-electron chi connectivity index (χ4n) is 4.32. The number of amides is 2. The SMILES string of the molecule is Cc1ccc(NC(=O)Nc2ccc(-c3nc4ccc(-c5nc6ccc(C)c(S(=O)(=O)O)c6s5)cc4s3)cc2)cc1. The van der Waals surface area contributed by atoms with Crippen LogP contribution in [0.15, 0.2) is 83.8 Å². The van der Waals surface area contributed by atoms with Gasteiger partial charge in [-0.1, -0.05) is 23.8 Å². The van der Waals surface area contributed by atoms with Crippen LogP contribution in [0, 0.1) is 13.8 Å². The van der Waals surface area contributed by atoms with Gasteiger partial charge in [0.25, 0.3) is 10.1 Å². The van der Waals surface area contributed by atoms with Crippen LogP contribution < -0.4 is 10.6 Å². The quantitative estimate of drug-likeness (QED) is 0.178. The number of carbonyl (C=O) groups excluding carboxylic acids is 1. The molecular weight excluding hydrogens is 565 g/mol. The van der Waals surface area contributed by atoms with Gasteiger partial charge in [-0.25, -0.2) is 14.8 Å². The van der Waals surface area contributed by atoms with Crippen molar-refractivity contribution in [3.05, 3.63) is 90.0 Å². The molecule has 0 saturated heterocycles. The molecule has 0 saturated carbocycles. The van der Waals surface area contributed by atoms with Crippen LogP contribution in [-0.4, -0.2) is 29.0 Å². The van der Waals surface area contributed by atoms with Gasteiger partial charge in [0.2, 0.25) is 0 Å². The molecule has 6 aromatic rings. The summed E-state index contributed by atoms with van der Waals surface area (Å²) < 4.78 is 35.1. The lowest BCUT2D eigenvalue weighted by Crippen LogP contribution is -2.19. The molecule has 0 radical (unpaired) electrons. The highest BCUT2D eigenvalue weighted by Gasteiger charge is 2.21. The fourth-order valence-corrected chi connectivity index (χ4v) is 7.64. The number of aromatic nitrogens is 2. The van der Waals surface area contributed by atoms with Gasteiger partial charge in [-0.15, -0.1) is 22.7 Å². The number of nitrogens with one attached hydrogen (secondary N) is 2. The zero-order valence-corrected chi connectivity index (χ0v) is 23.7. The lowest BCUT2D eigenvalue weighted by atomic mass is 10.2. The molecule has 0 spiro atoms. The number of hydrogen-bond acceptors (Lipinski definition) is 7. The number of urea groups is 1. The van der Waals surface area contributed by atoms with Crippen LogP contribution in [0.2, 0.25) is 0 Å². The molecule has 0 aliphatic carbocycles. The zero-order valence-electron chi connectivity index (χ0n) is 21.3. The second-order valence-electron chi connectivity index (χ2n) is 9.28. The summed E-state index contributed by atoms with van der Waals surface area (Å²) >= 11 is 2.76. The summed E-state index contributed by atoms with van der Waals surface area (Å²) in [5.41, 5.74) is 6.07. The van der Waals surface area contributed by atoms with E-state index in [4.69, 9.17) is 4.98 Å². The first-order chi connectivity index (χ1) is 19.1. The van der Waals surface area contributed by atoms with Crippen LogP contribution in [0.1, 0.15) is 11.1 Å². The number of rotatable bonds is 5. The Morgan fingerprint density at radius 2 is 1.32 bits per heavy atom. The van der Waals surface area contributed by atoms with Gasteiger partial charge in [-0.3, -0.25) is 4.55 Å². The summed E-state index contributed by atoms with van der Waals surface area (Å²) in [4.78, 5) is 21.6. The van der Waals surface area contributed by atoms with Gasteiger partial charge >= 0.3 is 6.03 Å². The third-order valence-corrected chi connectivity index (χ3v) is 9.68. The Bertz CT molecular complexity index is 2010. The maximum atomic E-state index is 12.4. The number of hydrogen-bond donors (Lipinski definition) is 3. The van der Waals surface area contributed by atoms with E-state index in [-0.39, 0.29) is 10.9 Å². The van der Waals surface area contributed by atoms with Gasteiger partial charge in [0.05, 0.1) is 20.4 Å². The van der Waals surface area contributed by atoms with Crippen molar-refractivity contribution in [1.29, 1.82) is 0 Å². The van der Waals surface area contributed by atoms with Gasteiger partial charge in [-0.05, 0) is 80.1 Å². The van der Waals surface area contributed by atoms with Crippen LogP contribution in [-0.2, 0) is 10.1 Å². The van der Waals surface area contributed by atoms with Crippen LogP contribution >= 0.6 is 22.7 Å². The summed E-state index contributed by atoms with van der Waals surface area (Å²) in [6.07, 6.45) is 0. The Hall–Kier alpha value is -4.16. The minimum atomic E-state index is -4.38. The molecular formula is C29H22N4O4S3. The van der Waals surface area contributed by atoms with Crippen LogP contribution in [0.3, 0.4) is 0 Å². The minimum absolute atomic E-state index is 0.0968. The molecule has 2 amide bonds. The highest BCUT2D eigenvalue weighted by atomic mass is 32.2. The van der Waals surface area contributed by atoms with Crippen LogP contribution in [0.25, 0.3) is 41.6 Å². The predicted octanol–water partition coefficient (Wildman–Crippen LogP) is 7.75. The van der Waals surface area contributed by atoms with Crippen molar-refractivity contribution in [3.63, 3.8) is 0 Å². The third-order valence-electron chi connectivity index (χ3n) is 6.30. The topological polar surface area (TPSA) is 121 Å². The summed E-state index contributed by atoms with van der Waals surface area (Å²) in [7, 11) is -4.38. The Kier molecular flexibility index (Phi) is 6.59. The Balaban J connectivity index is 1.23. The van der Waals surface area contributed by atoms with Crippen molar-refractivity contribution < 1.29 is 17.8 Å². The second kappa shape index (κ2) is 10.1. The lowest BCUT2D eigenvalue weighted by molar-refractivity contribution is 0.262. The van der Waals surface area contributed by atoms with Crippen LogP contribution in [0.4, 0.5) is 16.2 Å². The number of thiazole rings is 2. The number of fused-ring (bicyclic) bond motifs is 2. The average Bonchev–Trinajstić information content (AvgIpc) is 3.53. The molecule has 4 aromatic carbocycles. The van der Waals surface area contributed by atoms with Gasteiger partial charge in [-0.2, -0.15) is 8.42 Å².